The molecule has 98 valence electrons. The van der Waals surface area contributed by atoms with Crippen LogP contribution in [0.2, 0.25) is 0 Å². The monoisotopic (exact) mass is 261 g/mol. The van der Waals surface area contributed by atoms with Crippen molar-refractivity contribution in [3.05, 3.63) is 53.5 Å². The third kappa shape index (κ3) is 2.92. The van der Waals surface area contributed by atoms with Crippen molar-refractivity contribution < 1.29 is 23.8 Å². The third-order valence-electron chi connectivity index (χ3n) is 2.39. The van der Waals surface area contributed by atoms with E-state index in [9.17, 15) is 9.59 Å². The maximum absolute atomic E-state index is 11.2. The van der Waals surface area contributed by atoms with Crippen LogP contribution in [0.3, 0.4) is 0 Å². The van der Waals surface area contributed by atoms with Crippen LogP contribution in [0.1, 0.15) is 26.7 Å². The summed E-state index contributed by atoms with van der Waals surface area (Å²) in [5.74, 6) is -1.24. The first kappa shape index (κ1) is 12.7. The number of hydrogen-bond acceptors (Lipinski definition) is 4. The van der Waals surface area contributed by atoms with E-state index in [-0.39, 0.29) is 17.9 Å². The first-order valence-electron chi connectivity index (χ1n) is 5.41. The Balaban J connectivity index is 2.10. The van der Waals surface area contributed by atoms with Crippen LogP contribution in [0.15, 0.2) is 40.8 Å². The van der Waals surface area contributed by atoms with Gasteiger partial charge in [-0.1, -0.05) is 12.1 Å². The zero-order chi connectivity index (χ0) is 13.8. The summed E-state index contributed by atoms with van der Waals surface area (Å²) in [4.78, 5) is 21.8. The molecule has 0 unspecified atom stereocenters. The summed E-state index contributed by atoms with van der Waals surface area (Å²) in [5.41, 5.74) is 5.46. The molecular weight excluding hydrogens is 250 g/mol. The number of carboxylic acids is 1. The number of hydrogen-bond donors (Lipinski definition) is 2. The fourth-order valence-corrected chi connectivity index (χ4v) is 1.52. The molecule has 0 saturated heterocycles. The van der Waals surface area contributed by atoms with Gasteiger partial charge in [-0.25, -0.2) is 4.79 Å². The van der Waals surface area contributed by atoms with Crippen molar-refractivity contribution in [3.8, 4) is 5.75 Å². The van der Waals surface area contributed by atoms with Gasteiger partial charge in [0, 0.05) is 0 Å². The number of carbonyl (C=O) groups excluding carboxylic acids is 1. The van der Waals surface area contributed by atoms with Gasteiger partial charge in [0.05, 0.1) is 5.56 Å². The van der Waals surface area contributed by atoms with Gasteiger partial charge in [0.15, 0.2) is 0 Å². The predicted octanol–water partition coefficient (Wildman–Crippen LogP) is 1.66. The predicted molar refractivity (Wildman–Crippen MR) is 65.0 cm³/mol. The van der Waals surface area contributed by atoms with Gasteiger partial charge < -0.3 is 20.0 Å². The summed E-state index contributed by atoms with van der Waals surface area (Å²) in [6, 6.07) is 9.34. The maximum Gasteiger partial charge on any atom is 0.371 e. The Bertz CT molecular complexity index is 617. The fourth-order valence-electron chi connectivity index (χ4n) is 1.52. The number of primary amides is 1. The average Bonchev–Trinajstić information content (AvgIpc) is 2.85. The zero-order valence-corrected chi connectivity index (χ0v) is 9.83. The number of rotatable bonds is 5. The molecule has 0 aliphatic carbocycles. The minimum atomic E-state index is -1.15. The van der Waals surface area contributed by atoms with E-state index in [2.05, 4.69) is 0 Å². The number of aromatic carboxylic acids is 1. The molecule has 0 radical (unpaired) electrons. The topological polar surface area (TPSA) is 103 Å². The van der Waals surface area contributed by atoms with Gasteiger partial charge in [-0.15, -0.1) is 0 Å². The van der Waals surface area contributed by atoms with Crippen LogP contribution < -0.4 is 10.5 Å². The van der Waals surface area contributed by atoms with Crippen LogP contribution >= 0.6 is 0 Å². The van der Waals surface area contributed by atoms with Crippen molar-refractivity contribution in [1.29, 1.82) is 0 Å². The molecule has 0 bridgehead atoms. The highest BCUT2D eigenvalue weighted by atomic mass is 16.5. The summed E-state index contributed by atoms with van der Waals surface area (Å²) in [7, 11) is 0. The molecule has 2 aromatic rings. The van der Waals surface area contributed by atoms with Crippen LogP contribution in [0.5, 0.6) is 5.75 Å². The average molecular weight is 261 g/mol. The van der Waals surface area contributed by atoms with Crippen LogP contribution in [-0.4, -0.2) is 17.0 Å². The lowest BCUT2D eigenvalue weighted by atomic mass is 10.2. The molecule has 0 atom stereocenters. The maximum atomic E-state index is 11.2. The highest BCUT2D eigenvalue weighted by Crippen LogP contribution is 2.19. The quantitative estimate of drug-likeness (QED) is 0.851. The highest BCUT2D eigenvalue weighted by molar-refractivity contribution is 5.95. The third-order valence-corrected chi connectivity index (χ3v) is 2.39. The van der Waals surface area contributed by atoms with E-state index < -0.39 is 11.9 Å². The first-order chi connectivity index (χ1) is 9.08. The zero-order valence-electron chi connectivity index (χ0n) is 9.83. The van der Waals surface area contributed by atoms with E-state index in [0.29, 0.717) is 11.5 Å². The van der Waals surface area contributed by atoms with Crippen LogP contribution in [0, 0.1) is 0 Å². The Labute approximate surface area is 108 Å². The standard InChI is InChI=1S/C13H11NO5/c14-12(15)9-3-1-2-4-10(9)18-7-8-5-6-11(19-8)13(16)17/h1-6H,7H2,(H2,14,15)(H,16,17). The summed E-state index contributed by atoms with van der Waals surface area (Å²) < 4.78 is 10.4. The molecule has 0 saturated carbocycles. The number of ether oxygens (including phenoxy) is 1. The number of amides is 1. The molecule has 3 N–H and O–H groups in total. The van der Waals surface area contributed by atoms with Crippen LogP contribution in [0.25, 0.3) is 0 Å². The minimum absolute atomic E-state index is 0.0115. The molecule has 0 aliphatic heterocycles. The number of carbonyl (C=O) groups is 2. The van der Waals surface area contributed by atoms with Gasteiger partial charge in [0.2, 0.25) is 5.76 Å². The Morgan fingerprint density at radius 2 is 1.95 bits per heavy atom. The Morgan fingerprint density at radius 3 is 2.58 bits per heavy atom. The first-order valence-corrected chi connectivity index (χ1v) is 5.41. The molecule has 19 heavy (non-hydrogen) atoms. The molecule has 0 aliphatic rings. The molecule has 0 spiro atoms. The van der Waals surface area contributed by atoms with Gasteiger partial charge in [0.25, 0.3) is 5.91 Å². The second-order valence-electron chi connectivity index (χ2n) is 3.72. The van der Waals surface area contributed by atoms with Crippen LogP contribution in [-0.2, 0) is 6.61 Å². The second kappa shape index (κ2) is 5.26. The SMILES string of the molecule is NC(=O)c1ccccc1OCc1ccc(C(=O)O)o1. The van der Waals surface area contributed by atoms with Crippen molar-refractivity contribution in [2.45, 2.75) is 6.61 Å². The smallest absolute Gasteiger partial charge is 0.371 e. The Morgan fingerprint density at radius 1 is 1.21 bits per heavy atom. The number of furan rings is 1. The normalized spacial score (nSPS) is 10.1. The van der Waals surface area contributed by atoms with E-state index >= 15 is 0 Å². The van der Waals surface area contributed by atoms with Gasteiger partial charge in [-0.3, -0.25) is 4.79 Å². The molecular formula is C13H11NO5. The lowest BCUT2D eigenvalue weighted by Crippen LogP contribution is -2.12. The van der Waals surface area contributed by atoms with Crippen LogP contribution in [0.4, 0.5) is 0 Å². The van der Waals surface area contributed by atoms with Crippen molar-refractivity contribution in [1.82, 2.24) is 0 Å². The van der Waals surface area contributed by atoms with Crippen molar-refractivity contribution in [3.63, 3.8) is 0 Å². The van der Waals surface area contributed by atoms with E-state index in [1.54, 1.807) is 24.3 Å². The summed E-state index contributed by atoms with van der Waals surface area (Å²) in [6.07, 6.45) is 0. The second-order valence-corrected chi connectivity index (χ2v) is 3.72. The van der Waals surface area contributed by atoms with Crippen molar-refractivity contribution in [2.24, 2.45) is 5.73 Å². The lowest BCUT2D eigenvalue weighted by Gasteiger charge is -2.07. The molecule has 6 nitrogen and oxygen atoms in total. The fraction of sp³-hybridized carbons (Fsp3) is 0.0769. The minimum Gasteiger partial charge on any atom is -0.485 e. The van der Waals surface area contributed by atoms with E-state index in [1.807, 2.05) is 0 Å². The summed E-state index contributed by atoms with van der Waals surface area (Å²) in [5, 5.41) is 8.70. The summed E-state index contributed by atoms with van der Waals surface area (Å²) >= 11 is 0. The molecule has 6 heteroatoms. The number of para-hydroxylation sites is 1. The van der Waals surface area contributed by atoms with Crippen molar-refractivity contribution >= 4 is 11.9 Å². The molecule has 1 aromatic carbocycles. The van der Waals surface area contributed by atoms with Gasteiger partial charge in [-0.05, 0) is 24.3 Å². The highest BCUT2D eigenvalue weighted by Gasteiger charge is 2.11. The summed E-state index contributed by atoms with van der Waals surface area (Å²) in [6.45, 7) is 0.0115. The number of nitrogens with two attached hydrogens (primary N) is 1. The lowest BCUT2D eigenvalue weighted by molar-refractivity contribution is 0.0658. The Kier molecular flexibility index (Phi) is 3.51. The molecule has 1 aromatic heterocycles. The largest absolute Gasteiger partial charge is 0.485 e. The number of benzene rings is 1. The molecule has 1 heterocycles. The van der Waals surface area contributed by atoms with Crippen molar-refractivity contribution in [2.75, 3.05) is 0 Å². The van der Waals surface area contributed by atoms with E-state index in [1.165, 1.54) is 12.1 Å². The van der Waals surface area contributed by atoms with Gasteiger partial charge in [0.1, 0.15) is 18.1 Å². The number of carboxylic acid groups (broad SMARTS) is 1. The molecule has 1 amide bonds. The Hall–Kier alpha value is -2.76. The van der Waals surface area contributed by atoms with E-state index in [0.717, 1.165) is 0 Å². The molecule has 0 fully saturated rings. The van der Waals surface area contributed by atoms with E-state index in [4.69, 9.17) is 20.0 Å². The molecule has 2 rings (SSSR count). The van der Waals surface area contributed by atoms with Gasteiger partial charge >= 0.3 is 5.97 Å². The van der Waals surface area contributed by atoms with Gasteiger partial charge in [-0.2, -0.15) is 0 Å².